The molecule has 0 aliphatic carbocycles. The molecule has 0 fully saturated rings. The maximum Gasteiger partial charge on any atom is 0.227 e. The molecule has 0 saturated carbocycles. The van der Waals surface area contributed by atoms with Crippen LogP contribution in [0.5, 0.6) is 17.2 Å². The van der Waals surface area contributed by atoms with Crippen LogP contribution in [0.15, 0.2) is 42.5 Å². The molecular formula is C21H22N2O4. The van der Waals surface area contributed by atoms with Gasteiger partial charge in [-0.05, 0) is 42.3 Å². The van der Waals surface area contributed by atoms with E-state index in [2.05, 4.69) is 10.3 Å². The first kappa shape index (κ1) is 17.3. The van der Waals surface area contributed by atoms with Gasteiger partial charge in [-0.15, -0.1) is 0 Å². The average Bonchev–Trinajstić information content (AvgIpc) is 3.13. The molecular weight excluding hydrogens is 344 g/mol. The fraction of sp³-hybridized carbons (Fsp3) is 0.286. The number of benzene rings is 2. The van der Waals surface area contributed by atoms with Gasteiger partial charge in [0.2, 0.25) is 5.91 Å². The number of carbonyl (C=O) groups is 1. The molecule has 4 rings (SSSR count). The van der Waals surface area contributed by atoms with E-state index in [4.69, 9.17) is 14.2 Å². The Bertz CT molecular complexity index is 979. The number of amides is 1. The maximum atomic E-state index is 12.6. The highest BCUT2D eigenvalue weighted by molar-refractivity contribution is 5.83. The lowest BCUT2D eigenvalue weighted by atomic mass is 9.96. The first-order chi connectivity index (χ1) is 13.2. The van der Waals surface area contributed by atoms with Crippen LogP contribution in [0.25, 0.3) is 10.9 Å². The van der Waals surface area contributed by atoms with E-state index < -0.39 is 0 Å². The van der Waals surface area contributed by atoms with Crippen molar-refractivity contribution in [2.24, 2.45) is 5.92 Å². The van der Waals surface area contributed by atoms with Gasteiger partial charge in [-0.3, -0.25) is 4.79 Å². The molecule has 1 aliphatic rings. The SMILES string of the molecule is COc1ccc2c(c1)OC[C@@H](C(=O)NCc1cc3cc(OC)ccc3[nH]1)C2. The third-order valence-corrected chi connectivity index (χ3v) is 4.89. The summed E-state index contributed by atoms with van der Waals surface area (Å²) in [6.07, 6.45) is 0.662. The lowest BCUT2D eigenvalue weighted by Gasteiger charge is -2.24. The third kappa shape index (κ3) is 3.56. The number of fused-ring (bicyclic) bond motifs is 2. The van der Waals surface area contributed by atoms with Crippen molar-refractivity contribution in [3.8, 4) is 17.2 Å². The van der Waals surface area contributed by atoms with Crippen molar-refractivity contribution in [2.75, 3.05) is 20.8 Å². The largest absolute Gasteiger partial charge is 0.497 e. The van der Waals surface area contributed by atoms with Gasteiger partial charge in [-0.2, -0.15) is 0 Å². The summed E-state index contributed by atoms with van der Waals surface area (Å²) in [7, 11) is 3.27. The second-order valence-electron chi connectivity index (χ2n) is 6.65. The quantitative estimate of drug-likeness (QED) is 0.728. The van der Waals surface area contributed by atoms with Crippen LogP contribution < -0.4 is 19.5 Å². The van der Waals surface area contributed by atoms with Gasteiger partial charge in [0.25, 0.3) is 0 Å². The lowest BCUT2D eigenvalue weighted by Crippen LogP contribution is -2.37. The van der Waals surface area contributed by atoms with Crippen molar-refractivity contribution in [3.63, 3.8) is 0 Å². The normalized spacial score (nSPS) is 15.7. The lowest BCUT2D eigenvalue weighted by molar-refractivity contribution is -0.126. The van der Waals surface area contributed by atoms with Crippen molar-refractivity contribution in [2.45, 2.75) is 13.0 Å². The molecule has 2 heterocycles. The van der Waals surface area contributed by atoms with E-state index in [-0.39, 0.29) is 11.8 Å². The van der Waals surface area contributed by atoms with Crippen molar-refractivity contribution in [1.82, 2.24) is 10.3 Å². The summed E-state index contributed by atoms with van der Waals surface area (Å²) < 4.78 is 16.2. The van der Waals surface area contributed by atoms with Gasteiger partial charge in [0.05, 0.1) is 26.7 Å². The summed E-state index contributed by atoms with van der Waals surface area (Å²) in [5, 5.41) is 4.06. The molecule has 1 atom stereocenters. The molecule has 1 amide bonds. The van der Waals surface area contributed by atoms with Crippen LogP contribution >= 0.6 is 0 Å². The van der Waals surface area contributed by atoms with Gasteiger partial charge >= 0.3 is 0 Å². The molecule has 1 aliphatic heterocycles. The van der Waals surface area contributed by atoms with Crippen molar-refractivity contribution < 1.29 is 19.0 Å². The average molecular weight is 366 g/mol. The highest BCUT2D eigenvalue weighted by Crippen LogP contribution is 2.31. The molecule has 6 nitrogen and oxygen atoms in total. The molecule has 0 unspecified atom stereocenters. The number of aromatic amines is 1. The zero-order chi connectivity index (χ0) is 18.8. The van der Waals surface area contributed by atoms with E-state index >= 15 is 0 Å². The minimum atomic E-state index is -0.199. The van der Waals surface area contributed by atoms with Gasteiger partial charge in [0.1, 0.15) is 23.9 Å². The van der Waals surface area contributed by atoms with E-state index in [1.165, 1.54) is 0 Å². The predicted molar refractivity (Wildman–Crippen MR) is 102 cm³/mol. The fourth-order valence-electron chi connectivity index (χ4n) is 3.37. The van der Waals surface area contributed by atoms with Gasteiger partial charge in [-0.25, -0.2) is 0 Å². The minimum Gasteiger partial charge on any atom is -0.497 e. The van der Waals surface area contributed by atoms with Crippen molar-refractivity contribution in [3.05, 3.63) is 53.7 Å². The van der Waals surface area contributed by atoms with Crippen LogP contribution in [0.1, 0.15) is 11.3 Å². The topological polar surface area (TPSA) is 72.6 Å². The second kappa shape index (κ2) is 7.23. The number of ether oxygens (including phenoxy) is 3. The highest BCUT2D eigenvalue weighted by atomic mass is 16.5. The molecule has 0 spiro atoms. The molecule has 3 aromatic rings. The standard InChI is InChI=1S/C21H22N2O4/c1-25-17-5-6-19-14(9-17)8-16(23-19)11-22-21(24)15-7-13-3-4-18(26-2)10-20(13)27-12-15/h3-6,8-10,15,23H,7,11-12H2,1-2H3,(H,22,24)/t15-/m0/s1. The molecule has 1 aromatic heterocycles. The van der Waals surface area contributed by atoms with Crippen LogP contribution in [0.2, 0.25) is 0 Å². The molecule has 0 radical (unpaired) electrons. The Morgan fingerprint density at radius 1 is 1.15 bits per heavy atom. The summed E-state index contributed by atoms with van der Waals surface area (Å²) in [4.78, 5) is 15.9. The summed E-state index contributed by atoms with van der Waals surface area (Å²) in [5.74, 6) is 2.16. The zero-order valence-corrected chi connectivity index (χ0v) is 15.4. The number of nitrogens with one attached hydrogen (secondary N) is 2. The molecule has 2 N–H and O–H groups in total. The van der Waals surface area contributed by atoms with Crippen molar-refractivity contribution in [1.29, 1.82) is 0 Å². The van der Waals surface area contributed by atoms with Crippen LogP contribution in [0, 0.1) is 5.92 Å². The zero-order valence-electron chi connectivity index (χ0n) is 15.4. The summed E-state index contributed by atoms with van der Waals surface area (Å²) in [5.41, 5.74) is 3.00. The van der Waals surface area contributed by atoms with E-state index in [0.717, 1.165) is 39.4 Å². The van der Waals surface area contributed by atoms with E-state index in [0.29, 0.717) is 19.6 Å². The Morgan fingerprint density at radius 2 is 1.93 bits per heavy atom. The van der Waals surface area contributed by atoms with E-state index in [9.17, 15) is 4.79 Å². The molecule has 2 aromatic carbocycles. The molecule has 6 heteroatoms. The van der Waals surface area contributed by atoms with Gasteiger partial charge in [0.15, 0.2) is 0 Å². The fourth-order valence-corrected chi connectivity index (χ4v) is 3.37. The second-order valence-corrected chi connectivity index (χ2v) is 6.65. The predicted octanol–water partition coefficient (Wildman–Crippen LogP) is 3.05. The van der Waals surface area contributed by atoms with Gasteiger partial charge in [0, 0.05) is 22.7 Å². The molecule has 0 saturated heterocycles. The number of methoxy groups -OCH3 is 2. The number of H-pyrrole nitrogens is 1. The van der Waals surface area contributed by atoms with Crippen LogP contribution in [0.3, 0.4) is 0 Å². The smallest absolute Gasteiger partial charge is 0.227 e. The Morgan fingerprint density at radius 3 is 2.74 bits per heavy atom. The Balaban J connectivity index is 1.39. The van der Waals surface area contributed by atoms with E-state index in [1.54, 1.807) is 14.2 Å². The third-order valence-electron chi connectivity index (χ3n) is 4.89. The van der Waals surface area contributed by atoms with Crippen LogP contribution in [-0.2, 0) is 17.8 Å². The van der Waals surface area contributed by atoms with Crippen molar-refractivity contribution >= 4 is 16.8 Å². The first-order valence-electron chi connectivity index (χ1n) is 8.89. The number of hydrogen-bond donors (Lipinski definition) is 2. The minimum absolute atomic E-state index is 0.00675. The van der Waals surface area contributed by atoms with Gasteiger partial charge in [-0.1, -0.05) is 6.07 Å². The number of aromatic nitrogens is 1. The number of carbonyl (C=O) groups excluding carboxylic acids is 1. The van der Waals surface area contributed by atoms with Crippen LogP contribution in [0.4, 0.5) is 0 Å². The van der Waals surface area contributed by atoms with E-state index in [1.807, 2.05) is 42.5 Å². The number of hydrogen-bond acceptors (Lipinski definition) is 4. The molecule has 140 valence electrons. The molecule has 0 bridgehead atoms. The summed E-state index contributed by atoms with van der Waals surface area (Å²) in [6.45, 7) is 0.817. The first-order valence-corrected chi connectivity index (χ1v) is 8.89. The monoisotopic (exact) mass is 366 g/mol. The Hall–Kier alpha value is -3.15. The number of rotatable bonds is 5. The van der Waals surface area contributed by atoms with Crippen LogP contribution in [-0.4, -0.2) is 31.7 Å². The maximum absolute atomic E-state index is 12.6. The summed E-state index contributed by atoms with van der Waals surface area (Å²) >= 11 is 0. The highest BCUT2D eigenvalue weighted by Gasteiger charge is 2.26. The Kier molecular flexibility index (Phi) is 4.62. The van der Waals surface area contributed by atoms with Gasteiger partial charge < -0.3 is 24.5 Å². The Labute approximate surface area is 157 Å². The summed E-state index contributed by atoms with van der Waals surface area (Å²) in [6, 6.07) is 13.6. The molecule has 27 heavy (non-hydrogen) atoms.